The summed E-state index contributed by atoms with van der Waals surface area (Å²) in [5, 5.41) is 8.76. The molecule has 2 nitrogen and oxygen atoms in total. The van der Waals surface area contributed by atoms with E-state index in [1.54, 1.807) is 6.08 Å². The molecule has 1 aliphatic carbocycles. The zero-order valence-electron chi connectivity index (χ0n) is 7.25. The van der Waals surface area contributed by atoms with E-state index in [1.165, 1.54) is 0 Å². The molecule has 13 heavy (non-hydrogen) atoms. The first-order chi connectivity index (χ1) is 5.37. The van der Waals surface area contributed by atoms with Gasteiger partial charge >= 0.3 is 5.97 Å². The van der Waals surface area contributed by atoms with Crippen molar-refractivity contribution >= 4 is 41.6 Å². The van der Waals surface area contributed by atoms with E-state index in [2.05, 4.69) is 0 Å². The van der Waals surface area contributed by atoms with Crippen molar-refractivity contribution in [1.29, 1.82) is 0 Å². The van der Waals surface area contributed by atoms with Gasteiger partial charge in [-0.1, -0.05) is 37.0 Å². The summed E-state index contributed by atoms with van der Waals surface area (Å²) in [6, 6.07) is 0. The second kappa shape index (κ2) is 4.07. The number of allylic oxidation sites excluding steroid dienone is 1. The lowest BCUT2D eigenvalue weighted by Crippen LogP contribution is -2.02. The Balaban J connectivity index is 0.00000144. The molecule has 0 unspecified atom stereocenters. The molecule has 1 N–H and O–H groups in total. The zero-order valence-corrected chi connectivity index (χ0v) is 9.58. The number of halogens is 3. The van der Waals surface area contributed by atoms with Gasteiger partial charge in [-0.05, 0) is 17.4 Å². The van der Waals surface area contributed by atoms with Crippen molar-refractivity contribution in [3.05, 3.63) is 10.6 Å². The van der Waals surface area contributed by atoms with Gasteiger partial charge in [0.15, 0.2) is 0 Å². The Morgan fingerprint density at radius 1 is 1.46 bits per heavy atom. The van der Waals surface area contributed by atoms with Crippen molar-refractivity contribution in [3.8, 4) is 0 Å². The van der Waals surface area contributed by atoms with Gasteiger partial charge in [0.1, 0.15) is 4.49 Å². The lowest BCUT2D eigenvalue weighted by atomic mass is 10.1. The molecule has 0 bridgehead atoms. The summed E-state index contributed by atoms with van der Waals surface area (Å²) in [6.45, 7) is 3.79. The smallest absolute Gasteiger partial charge is 0.307 e. The third-order valence-electron chi connectivity index (χ3n) is 2.48. The predicted molar refractivity (Wildman–Crippen MR) is 55.4 cm³/mol. The van der Waals surface area contributed by atoms with Crippen LogP contribution in [0.2, 0.25) is 0 Å². The Morgan fingerprint density at radius 2 is 1.92 bits per heavy atom. The van der Waals surface area contributed by atoms with Crippen LogP contribution in [0.15, 0.2) is 10.6 Å². The summed E-state index contributed by atoms with van der Waals surface area (Å²) >= 11 is 10.9. The molecule has 5 heteroatoms. The maximum absolute atomic E-state index is 10.7. The van der Waals surface area contributed by atoms with Crippen LogP contribution in [0.1, 0.15) is 13.8 Å². The number of aliphatic carboxylic acids is 1. The predicted octanol–water partition coefficient (Wildman–Crippen LogP) is 3.08. The van der Waals surface area contributed by atoms with Gasteiger partial charge in [0.25, 0.3) is 0 Å². The lowest BCUT2D eigenvalue weighted by molar-refractivity contribution is -0.139. The van der Waals surface area contributed by atoms with Crippen molar-refractivity contribution in [2.45, 2.75) is 13.8 Å². The summed E-state index contributed by atoms with van der Waals surface area (Å²) in [5.41, 5.74) is -0.207. The highest BCUT2D eigenvalue weighted by Crippen LogP contribution is 2.59. The minimum atomic E-state index is -0.782. The highest BCUT2D eigenvalue weighted by atomic mass is 35.5. The van der Waals surface area contributed by atoms with Crippen LogP contribution in [-0.2, 0) is 4.79 Å². The molecule has 0 aromatic carbocycles. The monoisotopic (exact) mass is 244 g/mol. The summed E-state index contributed by atoms with van der Waals surface area (Å²) in [5.74, 6) is -1.15. The molecule has 0 spiro atoms. The highest BCUT2D eigenvalue weighted by Gasteiger charge is 2.60. The first-order valence-electron chi connectivity index (χ1n) is 3.63. The fourth-order valence-electron chi connectivity index (χ4n) is 1.60. The van der Waals surface area contributed by atoms with Crippen LogP contribution in [0.4, 0.5) is 0 Å². The average molecular weight is 246 g/mol. The van der Waals surface area contributed by atoms with E-state index in [0.717, 1.165) is 0 Å². The first-order valence-corrected chi connectivity index (χ1v) is 4.38. The zero-order chi connectivity index (χ0) is 9.52. The minimum Gasteiger partial charge on any atom is -0.481 e. The van der Waals surface area contributed by atoms with Crippen LogP contribution in [-0.4, -0.2) is 11.1 Å². The molecule has 0 amide bonds. The van der Waals surface area contributed by atoms with E-state index in [1.807, 2.05) is 13.8 Å². The summed E-state index contributed by atoms with van der Waals surface area (Å²) < 4.78 is 0.150. The largest absolute Gasteiger partial charge is 0.481 e. The third-order valence-corrected chi connectivity index (χ3v) is 2.73. The van der Waals surface area contributed by atoms with E-state index in [4.69, 9.17) is 28.3 Å². The molecule has 0 aliphatic heterocycles. The maximum Gasteiger partial charge on any atom is 0.307 e. The molecule has 1 fully saturated rings. The number of hydrogen-bond donors (Lipinski definition) is 1. The molecule has 0 aromatic heterocycles. The number of carboxylic acid groups (broad SMARTS) is 1. The van der Waals surface area contributed by atoms with Crippen molar-refractivity contribution < 1.29 is 9.90 Å². The van der Waals surface area contributed by atoms with E-state index in [9.17, 15) is 4.79 Å². The van der Waals surface area contributed by atoms with Crippen LogP contribution in [0.3, 0.4) is 0 Å². The standard InChI is InChI=1S/C8H10Cl2O2.ClH/c1-8(2)4(3-5(9)10)6(8)7(11)12;/h3-4,6H,1-2H3,(H,11,12);1H/t4-,6+;/m0./s1. The molecule has 1 aliphatic rings. The molecule has 0 aromatic rings. The van der Waals surface area contributed by atoms with Gasteiger partial charge < -0.3 is 5.11 Å². The Hall–Kier alpha value is 0.0800. The molecular formula is C8H11Cl3O2. The molecule has 76 valence electrons. The fraction of sp³-hybridized carbons (Fsp3) is 0.625. The number of carboxylic acids is 1. The molecule has 1 rings (SSSR count). The van der Waals surface area contributed by atoms with Gasteiger partial charge in [0, 0.05) is 0 Å². The number of carbonyl (C=O) groups is 1. The molecule has 0 saturated heterocycles. The third kappa shape index (κ3) is 2.52. The van der Waals surface area contributed by atoms with E-state index in [-0.39, 0.29) is 34.1 Å². The van der Waals surface area contributed by atoms with Crippen LogP contribution in [0.5, 0.6) is 0 Å². The second-order valence-electron chi connectivity index (χ2n) is 3.62. The lowest BCUT2D eigenvalue weighted by Gasteiger charge is -1.96. The van der Waals surface area contributed by atoms with Crippen molar-refractivity contribution in [1.82, 2.24) is 0 Å². The van der Waals surface area contributed by atoms with Crippen LogP contribution < -0.4 is 0 Å². The topological polar surface area (TPSA) is 37.3 Å². The Labute approximate surface area is 93.3 Å². The normalized spacial score (nSPS) is 28.6. The van der Waals surface area contributed by atoms with Crippen molar-refractivity contribution in [2.24, 2.45) is 17.3 Å². The molecular weight excluding hydrogens is 234 g/mol. The van der Waals surface area contributed by atoms with E-state index in [0.29, 0.717) is 0 Å². The molecule has 0 heterocycles. The van der Waals surface area contributed by atoms with Crippen LogP contribution >= 0.6 is 35.6 Å². The summed E-state index contributed by atoms with van der Waals surface area (Å²) in [4.78, 5) is 10.7. The quantitative estimate of drug-likeness (QED) is 0.812. The molecule has 2 atom stereocenters. The molecule has 0 radical (unpaired) electrons. The maximum atomic E-state index is 10.7. The first kappa shape index (κ1) is 13.1. The Kier molecular flexibility index (Phi) is 4.10. The van der Waals surface area contributed by atoms with Crippen molar-refractivity contribution in [3.63, 3.8) is 0 Å². The van der Waals surface area contributed by atoms with Gasteiger partial charge in [0.05, 0.1) is 5.92 Å². The van der Waals surface area contributed by atoms with Gasteiger partial charge in [-0.15, -0.1) is 12.4 Å². The number of hydrogen-bond acceptors (Lipinski definition) is 1. The second-order valence-corrected chi connectivity index (χ2v) is 4.63. The van der Waals surface area contributed by atoms with Crippen LogP contribution in [0, 0.1) is 17.3 Å². The van der Waals surface area contributed by atoms with Crippen LogP contribution in [0.25, 0.3) is 0 Å². The van der Waals surface area contributed by atoms with Gasteiger partial charge in [-0.25, -0.2) is 0 Å². The van der Waals surface area contributed by atoms with E-state index >= 15 is 0 Å². The SMILES string of the molecule is CC1(C)[C@@H](C=C(Cl)Cl)[C@@H]1C(=O)O.Cl. The highest BCUT2D eigenvalue weighted by molar-refractivity contribution is 6.55. The Bertz CT molecular complexity index is 244. The van der Waals surface area contributed by atoms with E-state index < -0.39 is 5.97 Å². The molecule has 1 saturated carbocycles. The average Bonchev–Trinajstić information content (AvgIpc) is 2.32. The minimum absolute atomic E-state index is 0. The summed E-state index contributed by atoms with van der Waals surface area (Å²) in [6.07, 6.45) is 1.60. The fourth-order valence-corrected chi connectivity index (χ4v) is 1.87. The number of rotatable bonds is 2. The van der Waals surface area contributed by atoms with Crippen molar-refractivity contribution in [2.75, 3.05) is 0 Å². The van der Waals surface area contributed by atoms with Gasteiger partial charge in [0.2, 0.25) is 0 Å². The Morgan fingerprint density at radius 3 is 2.15 bits per heavy atom. The van der Waals surface area contributed by atoms with Gasteiger partial charge in [-0.3, -0.25) is 4.79 Å². The van der Waals surface area contributed by atoms with Gasteiger partial charge in [-0.2, -0.15) is 0 Å². The summed E-state index contributed by atoms with van der Waals surface area (Å²) in [7, 11) is 0.